The van der Waals surface area contributed by atoms with Gasteiger partial charge in [-0.05, 0) is 43.7 Å². The largest absolute Gasteiger partial charge is 0.468 e. The molecule has 0 aliphatic heterocycles. The summed E-state index contributed by atoms with van der Waals surface area (Å²) in [5, 5.41) is 3.48. The zero-order chi connectivity index (χ0) is 14.7. The standard InChI is InChI=1S/C17H21FN2O/c1-20(10-13-2-4-15(18)5-3-13)11-17-8-14(12-21-17)9-19-16-6-7-16/h2-5,8,12,16,19H,6-7,9-11H2,1H3. The number of benzene rings is 1. The maximum Gasteiger partial charge on any atom is 0.123 e. The summed E-state index contributed by atoms with van der Waals surface area (Å²) in [4.78, 5) is 2.16. The zero-order valence-electron chi connectivity index (χ0n) is 12.3. The lowest BCUT2D eigenvalue weighted by molar-refractivity contribution is 0.287. The van der Waals surface area contributed by atoms with Gasteiger partial charge in [-0.2, -0.15) is 0 Å². The highest BCUT2D eigenvalue weighted by atomic mass is 19.1. The lowest BCUT2D eigenvalue weighted by Crippen LogP contribution is -2.17. The fourth-order valence-corrected chi connectivity index (χ4v) is 2.37. The van der Waals surface area contributed by atoms with Crippen molar-refractivity contribution >= 4 is 0 Å². The second-order valence-corrected chi connectivity index (χ2v) is 5.88. The third kappa shape index (κ3) is 4.41. The summed E-state index contributed by atoms with van der Waals surface area (Å²) in [5.41, 5.74) is 2.30. The molecular formula is C17H21FN2O. The topological polar surface area (TPSA) is 28.4 Å². The predicted octanol–water partition coefficient (Wildman–Crippen LogP) is 3.30. The molecule has 1 aliphatic carbocycles. The number of furan rings is 1. The van der Waals surface area contributed by atoms with E-state index < -0.39 is 0 Å². The number of hydrogen-bond donors (Lipinski definition) is 1. The Balaban J connectivity index is 1.49. The van der Waals surface area contributed by atoms with Gasteiger partial charge in [-0.15, -0.1) is 0 Å². The van der Waals surface area contributed by atoms with Gasteiger partial charge in [-0.1, -0.05) is 12.1 Å². The Morgan fingerprint density at radius 1 is 1.19 bits per heavy atom. The lowest BCUT2D eigenvalue weighted by Gasteiger charge is -2.15. The summed E-state index contributed by atoms with van der Waals surface area (Å²) in [5.74, 6) is 0.771. The van der Waals surface area contributed by atoms with Crippen LogP contribution in [0.2, 0.25) is 0 Å². The second-order valence-electron chi connectivity index (χ2n) is 5.88. The van der Waals surface area contributed by atoms with Crippen molar-refractivity contribution in [1.82, 2.24) is 10.2 Å². The van der Waals surface area contributed by atoms with Gasteiger partial charge in [-0.25, -0.2) is 4.39 Å². The number of rotatable bonds is 7. The molecule has 21 heavy (non-hydrogen) atoms. The van der Waals surface area contributed by atoms with E-state index in [9.17, 15) is 4.39 Å². The lowest BCUT2D eigenvalue weighted by atomic mass is 10.2. The highest BCUT2D eigenvalue weighted by Gasteiger charge is 2.20. The third-order valence-corrected chi connectivity index (χ3v) is 3.67. The minimum absolute atomic E-state index is 0.194. The Morgan fingerprint density at radius 2 is 1.95 bits per heavy atom. The summed E-state index contributed by atoms with van der Waals surface area (Å²) in [6.07, 6.45) is 4.42. The summed E-state index contributed by atoms with van der Waals surface area (Å²) in [6, 6.07) is 9.45. The van der Waals surface area contributed by atoms with E-state index >= 15 is 0 Å². The van der Waals surface area contributed by atoms with E-state index in [2.05, 4.69) is 16.3 Å². The number of nitrogens with zero attached hydrogens (tertiary/aromatic N) is 1. The van der Waals surface area contributed by atoms with Crippen LogP contribution in [0.15, 0.2) is 41.0 Å². The smallest absolute Gasteiger partial charge is 0.123 e. The van der Waals surface area contributed by atoms with E-state index in [-0.39, 0.29) is 5.82 Å². The van der Waals surface area contributed by atoms with Crippen molar-refractivity contribution in [3.63, 3.8) is 0 Å². The van der Waals surface area contributed by atoms with E-state index in [4.69, 9.17) is 4.42 Å². The van der Waals surface area contributed by atoms with Crippen molar-refractivity contribution in [3.8, 4) is 0 Å². The van der Waals surface area contributed by atoms with Crippen LogP contribution in [0.3, 0.4) is 0 Å². The van der Waals surface area contributed by atoms with Gasteiger partial charge in [0.2, 0.25) is 0 Å². The second kappa shape index (κ2) is 6.41. The molecule has 3 nitrogen and oxygen atoms in total. The van der Waals surface area contributed by atoms with Crippen molar-refractivity contribution in [3.05, 3.63) is 59.3 Å². The molecule has 1 heterocycles. The first-order chi connectivity index (χ1) is 10.2. The molecule has 2 aromatic rings. The van der Waals surface area contributed by atoms with Crippen LogP contribution < -0.4 is 5.32 Å². The molecular weight excluding hydrogens is 267 g/mol. The monoisotopic (exact) mass is 288 g/mol. The average Bonchev–Trinajstić information content (AvgIpc) is 3.19. The van der Waals surface area contributed by atoms with Crippen molar-refractivity contribution in [2.45, 2.75) is 38.5 Å². The first-order valence-corrected chi connectivity index (χ1v) is 7.42. The van der Waals surface area contributed by atoms with Crippen LogP contribution in [-0.4, -0.2) is 18.0 Å². The number of nitrogens with one attached hydrogen (secondary N) is 1. The van der Waals surface area contributed by atoms with Gasteiger partial charge in [0.1, 0.15) is 11.6 Å². The molecule has 3 rings (SSSR count). The Morgan fingerprint density at radius 3 is 2.67 bits per heavy atom. The molecule has 0 bridgehead atoms. The quantitative estimate of drug-likeness (QED) is 0.847. The normalized spacial score (nSPS) is 14.8. The molecule has 4 heteroatoms. The van der Waals surface area contributed by atoms with E-state index in [1.807, 2.05) is 25.4 Å². The summed E-state index contributed by atoms with van der Waals surface area (Å²) >= 11 is 0. The SMILES string of the molecule is CN(Cc1ccc(F)cc1)Cc1cc(CNC2CC2)co1. The Hall–Kier alpha value is -1.65. The summed E-state index contributed by atoms with van der Waals surface area (Å²) in [7, 11) is 2.04. The highest BCUT2D eigenvalue weighted by Crippen LogP contribution is 2.20. The van der Waals surface area contributed by atoms with Crippen LogP contribution in [0.25, 0.3) is 0 Å². The molecule has 0 atom stereocenters. The molecule has 1 fully saturated rings. The zero-order valence-corrected chi connectivity index (χ0v) is 12.3. The van der Waals surface area contributed by atoms with Crippen molar-refractivity contribution in [2.24, 2.45) is 0 Å². The fraction of sp³-hybridized carbons (Fsp3) is 0.412. The van der Waals surface area contributed by atoms with E-state index in [0.717, 1.165) is 31.0 Å². The molecule has 0 saturated heterocycles. The Kier molecular flexibility index (Phi) is 4.36. The van der Waals surface area contributed by atoms with Crippen LogP contribution in [0.5, 0.6) is 0 Å². The van der Waals surface area contributed by atoms with E-state index in [1.54, 1.807) is 0 Å². The molecule has 0 amide bonds. The van der Waals surface area contributed by atoms with Gasteiger partial charge in [0.25, 0.3) is 0 Å². The van der Waals surface area contributed by atoms with Gasteiger partial charge in [-0.3, -0.25) is 4.90 Å². The van der Waals surface area contributed by atoms with Gasteiger partial charge >= 0.3 is 0 Å². The van der Waals surface area contributed by atoms with Crippen LogP contribution in [0, 0.1) is 5.82 Å². The number of hydrogen-bond acceptors (Lipinski definition) is 3. The minimum Gasteiger partial charge on any atom is -0.468 e. The molecule has 1 aliphatic rings. The fourth-order valence-electron chi connectivity index (χ4n) is 2.37. The van der Waals surface area contributed by atoms with Crippen molar-refractivity contribution < 1.29 is 8.81 Å². The van der Waals surface area contributed by atoms with Crippen molar-refractivity contribution in [2.75, 3.05) is 7.05 Å². The molecule has 1 aromatic heterocycles. The molecule has 1 N–H and O–H groups in total. The van der Waals surface area contributed by atoms with E-state index in [1.165, 1.54) is 30.5 Å². The Labute approximate surface area is 124 Å². The molecule has 0 spiro atoms. The first kappa shape index (κ1) is 14.3. The molecule has 0 radical (unpaired) electrons. The maximum atomic E-state index is 12.9. The van der Waals surface area contributed by atoms with Gasteiger partial charge < -0.3 is 9.73 Å². The molecule has 1 aromatic carbocycles. The van der Waals surface area contributed by atoms with E-state index in [0.29, 0.717) is 6.04 Å². The van der Waals surface area contributed by atoms with Crippen molar-refractivity contribution in [1.29, 1.82) is 0 Å². The first-order valence-electron chi connectivity index (χ1n) is 7.42. The predicted molar refractivity (Wildman–Crippen MR) is 80.1 cm³/mol. The third-order valence-electron chi connectivity index (χ3n) is 3.67. The van der Waals surface area contributed by atoms with Crippen LogP contribution in [0.4, 0.5) is 4.39 Å². The summed E-state index contributed by atoms with van der Waals surface area (Å²) in [6.45, 7) is 2.41. The number of halogens is 1. The van der Waals surface area contributed by atoms with Crippen LogP contribution >= 0.6 is 0 Å². The average molecular weight is 288 g/mol. The molecule has 112 valence electrons. The Bertz CT molecular complexity index is 575. The van der Waals surface area contributed by atoms with Gasteiger partial charge in [0.15, 0.2) is 0 Å². The maximum absolute atomic E-state index is 12.9. The highest BCUT2D eigenvalue weighted by molar-refractivity contribution is 5.16. The molecule has 1 saturated carbocycles. The van der Waals surface area contributed by atoms with Crippen LogP contribution in [-0.2, 0) is 19.6 Å². The molecule has 0 unspecified atom stereocenters. The summed E-state index contributed by atoms with van der Waals surface area (Å²) < 4.78 is 18.5. The minimum atomic E-state index is -0.194. The van der Waals surface area contributed by atoms with Gasteiger partial charge in [0.05, 0.1) is 12.8 Å². The van der Waals surface area contributed by atoms with Crippen LogP contribution in [0.1, 0.15) is 29.7 Å². The van der Waals surface area contributed by atoms with Gasteiger partial charge in [0, 0.05) is 24.7 Å².